The van der Waals surface area contributed by atoms with Crippen LogP contribution < -0.4 is 5.73 Å². The number of aliphatic carboxylic acids is 1. The highest BCUT2D eigenvalue weighted by Gasteiger charge is 2.28. The zero-order valence-electron chi connectivity index (χ0n) is 35.9. The van der Waals surface area contributed by atoms with Crippen molar-refractivity contribution in [3.63, 3.8) is 0 Å². The first-order valence-corrected chi connectivity index (χ1v) is 23.5. The lowest BCUT2D eigenvalue weighted by molar-refractivity contribution is -0.161. The standard InChI is InChI=1S/C46H78NO10P/c1-3-5-7-9-11-13-15-17-19-20-21-22-24-25-27-29-31-33-35-37-44(48)54-39-42(40-55-58(52,53)56-41-43(47)46(50)51)57-45(49)38-36-34-32-30-28-26-23-18-16-14-12-10-8-6-4-2/h6,8,10-14,16-19,23,42-43H,3-5,7,9,15,20-22,24-41,47H2,1-2H3,(H,50,51)(H,52,53)/b8-6+,12-10+,13-11+,16-14+,19-17+,23-18+/t42-,43+/m1/s1. The summed E-state index contributed by atoms with van der Waals surface area (Å²) in [4.78, 5) is 46.0. The second-order valence-corrected chi connectivity index (χ2v) is 16.0. The van der Waals surface area contributed by atoms with E-state index in [2.05, 4.69) is 54.8 Å². The highest BCUT2D eigenvalue weighted by molar-refractivity contribution is 7.47. The zero-order valence-corrected chi connectivity index (χ0v) is 36.8. The smallest absolute Gasteiger partial charge is 0.472 e. The molecule has 332 valence electrons. The fourth-order valence-electron chi connectivity index (χ4n) is 5.58. The zero-order chi connectivity index (χ0) is 42.8. The molecule has 0 saturated heterocycles. The molecule has 0 aliphatic heterocycles. The summed E-state index contributed by atoms with van der Waals surface area (Å²) < 4.78 is 32.7. The Morgan fingerprint density at radius 1 is 0.569 bits per heavy atom. The Kier molecular flexibility index (Phi) is 38.5. The third-order valence-corrected chi connectivity index (χ3v) is 9.98. The Labute approximate surface area is 350 Å². The van der Waals surface area contributed by atoms with Crippen molar-refractivity contribution < 1.29 is 47.5 Å². The summed E-state index contributed by atoms with van der Waals surface area (Å²) in [7, 11) is -4.73. The van der Waals surface area contributed by atoms with Crippen LogP contribution in [0.4, 0.5) is 0 Å². The summed E-state index contributed by atoms with van der Waals surface area (Å²) in [5.41, 5.74) is 5.33. The van der Waals surface area contributed by atoms with Crippen LogP contribution in [0, 0.1) is 0 Å². The molecule has 0 radical (unpaired) electrons. The third kappa shape index (κ3) is 39.7. The first-order valence-electron chi connectivity index (χ1n) is 22.0. The second-order valence-electron chi connectivity index (χ2n) is 14.5. The predicted molar refractivity (Wildman–Crippen MR) is 235 cm³/mol. The van der Waals surface area contributed by atoms with E-state index in [-0.39, 0.29) is 19.4 Å². The van der Waals surface area contributed by atoms with Gasteiger partial charge in [-0.15, -0.1) is 0 Å². The molecule has 0 aliphatic carbocycles. The molecule has 0 spiro atoms. The number of allylic oxidation sites excluding steroid dienone is 12. The average molecular weight is 836 g/mol. The molecule has 0 aromatic rings. The van der Waals surface area contributed by atoms with Crippen LogP contribution in [0.3, 0.4) is 0 Å². The van der Waals surface area contributed by atoms with Crippen molar-refractivity contribution in [3.05, 3.63) is 72.9 Å². The molecule has 0 fully saturated rings. The molecule has 3 atom stereocenters. The van der Waals surface area contributed by atoms with Crippen molar-refractivity contribution in [2.24, 2.45) is 5.73 Å². The first-order chi connectivity index (χ1) is 28.1. The molecule has 0 bridgehead atoms. The summed E-state index contributed by atoms with van der Waals surface area (Å²) in [5, 5.41) is 8.89. The van der Waals surface area contributed by atoms with Crippen LogP contribution in [0.1, 0.15) is 168 Å². The molecule has 0 amide bonds. The number of ether oxygens (including phenoxy) is 2. The quantitative estimate of drug-likeness (QED) is 0.0176. The molecular weight excluding hydrogens is 757 g/mol. The number of carbonyl (C=O) groups is 3. The summed E-state index contributed by atoms with van der Waals surface area (Å²) in [5.74, 6) is -2.42. The van der Waals surface area contributed by atoms with Gasteiger partial charge in [0.05, 0.1) is 13.2 Å². The van der Waals surface area contributed by atoms with Crippen molar-refractivity contribution in [2.75, 3.05) is 19.8 Å². The molecule has 12 heteroatoms. The van der Waals surface area contributed by atoms with Crippen LogP contribution in [0.2, 0.25) is 0 Å². The summed E-state index contributed by atoms with van der Waals surface area (Å²) in [6.45, 7) is 2.60. The number of phosphoric acid groups is 1. The van der Waals surface area contributed by atoms with Crippen LogP contribution in [0.25, 0.3) is 0 Å². The summed E-state index contributed by atoms with van der Waals surface area (Å²) in [6.07, 6.45) is 48.2. The van der Waals surface area contributed by atoms with Gasteiger partial charge in [-0.3, -0.25) is 23.4 Å². The van der Waals surface area contributed by atoms with Crippen LogP contribution in [-0.4, -0.2) is 59.9 Å². The molecule has 0 saturated carbocycles. The van der Waals surface area contributed by atoms with E-state index in [9.17, 15) is 23.8 Å². The minimum absolute atomic E-state index is 0.131. The van der Waals surface area contributed by atoms with Gasteiger partial charge in [0.2, 0.25) is 0 Å². The van der Waals surface area contributed by atoms with Crippen molar-refractivity contribution in [1.82, 2.24) is 0 Å². The van der Waals surface area contributed by atoms with Crippen LogP contribution >= 0.6 is 7.82 Å². The van der Waals surface area contributed by atoms with Gasteiger partial charge in [0.25, 0.3) is 0 Å². The molecule has 4 N–H and O–H groups in total. The Morgan fingerprint density at radius 2 is 1.03 bits per heavy atom. The Hall–Kier alpha value is -3.08. The topological polar surface area (TPSA) is 172 Å². The fraction of sp³-hybridized carbons (Fsp3) is 0.674. The number of carboxylic acids is 1. The van der Waals surface area contributed by atoms with Gasteiger partial charge in [0.1, 0.15) is 12.6 Å². The lowest BCUT2D eigenvalue weighted by Gasteiger charge is -2.20. The second kappa shape index (κ2) is 40.7. The first kappa shape index (κ1) is 54.9. The van der Waals surface area contributed by atoms with Gasteiger partial charge in [0, 0.05) is 12.8 Å². The Balaban J connectivity index is 4.38. The van der Waals surface area contributed by atoms with Crippen LogP contribution in [0.15, 0.2) is 72.9 Å². The number of hydrogen-bond donors (Lipinski definition) is 3. The molecule has 0 aliphatic rings. The Morgan fingerprint density at radius 3 is 1.59 bits per heavy atom. The van der Waals surface area contributed by atoms with Crippen molar-refractivity contribution in [3.8, 4) is 0 Å². The SMILES string of the molecule is CC/C=C/C=C/C=C/C=C/CCCCCCCC(=O)O[C@H](COC(=O)CCCCCCCCCCC/C=C/C/C=C/CCCCC)COP(=O)(O)OC[C@H](N)C(=O)O. The van der Waals surface area contributed by atoms with E-state index in [1.54, 1.807) is 0 Å². The molecule has 58 heavy (non-hydrogen) atoms. The molecule has 0 aromatic carbocycles. The van der Waals surface area contributed by atoms with Gasteiger partial charge < -0.3 is 25.2 Å². The van der Waals surface area contributed by atoms with Gasteiger partial charge in [-0.25, -0.2) is 4.57 Å². The maximum Gasteiger partial charge on any atom is 0.472 e. The number of phosphoric ester groups is 1. The fourth-order valence-corrected chi connectivity index (χ4v) is 6.35. The van der Waals surface area contributed by atoms with E-state index in [4.69, 9.17) is 24.8 Å². The van der Waals surface area contributed by atoms with E-state index < -0.39 is 51.1 Å². The third-order valence-electron chi connectivity index (χ3n) is 9.03. The largest absolute Gasteiger partial charge is 0.480 e. The highest BCUT2D eigenvalue weighted by Crippen LogP contribution is 2.43. The molecular formula is C46H78NO10P. The monoisotopic (exact) mass is 836 g/mol. The number of nitrogens with two attached hydrogens (primary N) is 1. The van der Waals surface area contributed by atoms with Gasteiger partial charge in [-0.1, -0.05) is 164 Å². The molecule has 1 unspecified atom stereocenters. The molecule has 0 rings (SSSR count). The van der Waals surface area contributed by atoms with Gasteiger partial charge in [-0.05, 0) is 64.2 Å². The lowest BCUT2D eigenvalue weighted by Crippen LogP contribution is -2.34. The van der Waals surface area contributed by atoms with E-state index in [1.165, 1.54) is 57.8 Å². The molecule has 0 aromatic heterocycles. The minimum Gasteiger partial charge on any atom is -0.480 e. The van der Waals surface area contributed by atoms with Crippen molar-refractivity contribution >= 4 is 25.7 Å². The van der Waals surface area contributed by atoms with E-state index in [0.29, 0.717) is 12.8 Å². The van der Waals surface area contributed by atoms with E-state index in [1.807, 2.05) is 36.5 Å². The maximum absolute atomic E-state index is 12.6. The number of carbonyl (C=O) groups excluding carboxylic acids is 2. The number of esters is 2. The van der Waals surface area contributed by atoms with Crippen molar-refractivity contribution in [2.45, 2.75) is 180 Å². The molecule has 0 heterocycles. The molecule has 11 nitrogen and oxygen atoms in total. The average Bonchev–Trinajstić information content (AvgIpc) is 3.20. The predicted octanol–water partition coefficient (Wildman–Crippen LogP) is 11.7. The lowest BCUT2D eigenvalue weighted by atomic mass is 10.1. The van der Waals surface area contributed by atoms with E-state index >= 15 is 0 Å². The summed E-state index contributed by atoms with van der Waals surface area (Å²) >= 11 is 0. The van der Waals surface area contributed by atoms with E-state index in [0.717, 1.165) is 70.6 Å². The van der Waals surface area contributed by atoms with Gasteiger partial charge in [-0.2, -0.15) is 0 Å². The Bertz CT molecular complexity index is 1260. The minimum atomic E-state index is -4.73. The highest BCUT2D eigenvalue weighted by atomic mass is 31.2. The number of unbranched alkanes of at least 4 members (excludes halogenated alkanes) is 17. The number of rotatable bonds is 40. The van der Waals surface area contributed by atoms with Crippen molar-refractivity contribution in [1.29, 1.82) is 0 Å². The van der Waals surface area contributed by atoms with Gasteiger partial charge >= 0.3 is 25.7 Å². The normalized spacial score (nSPS) is 14.4. The van der Waals surface area contributed by atoms with Crippen LogP contribution in [0.5, 0.6) is 0 Å². The summed E-state index contributed by atoms with van der Waals surface area (Å²) in [6, 6.07) is -1.53. The van der Waals surface area contributed by atoms with Crippen LogP contribution in [-0.2, 0) is 37.5 Å². The number of carboxylic acid groups (broad SMARTS) is 1. The number of hydrogen-bond acceptors (Lipinski definition) is 9. The van der Waals surface area contributed by atoms with Gasteiger partial charge in [0.15, 0.2) is 6.10 Å². The maximum atomic E-state index is 12.6.